The van der Waals surface area contributed by atoms with E-state index in [1.165, 1.54) is 0 Å². The number of carbonyl (C=O) groups is 2. The van der Waals surface area contributed by atoms with E-state index in [9.17, 15) is 9.59 Å². The number of urea groups is 1. The fourth-order valence-electron chi connectivity index (χ4n) is 1.20. The van der Waals surface area contributed by atoms with Crippen LogP contribution in [0.3, 0.4) is 0 Å². The van der Waals surface area contributed by atoms with Crippen LogP contribution in [0.4, 0.5) is 4.79 Å². The van der Waals surface area contributed by atoms with Crippen LogP contribution < -0.4 is 11.1 Å². The molecule has 1 saturated heterocycles. The predicted octanol–water partition coefficient (Wildman–Crippen LogP) is -0.250. The average molecular weight is 172 g/mol. The fourth-order valence-corrected chi connectivity index (χ4v) is 1.20. The van der Waals surface area contributed by atoms with Gasteiger partial charge >= 0.3 is 6.03 Å². The Labute approximate surface area is 70.2 Å². The second kappa shape index (κ2) is 4.06. The lowest BCUT2D eigenvalue weighted by molar-refractivity contribution is -0.122. The zero-order valence-corrected chi connectivity index (χ0v) is 6.71. The summed E-state index contributed by atoms with van der Waals surface area (Å²) < 4.78 is 5.19. The van der Waals surface area contributed by atoms with Gasteiger partial charge in [0.2, 0.25) is 5.91 Å². The topological polar surface area (TPSA) is 81.4 Å². The van der Waals surface area contributed by atoms with Crippen molar-refractivity contribution in [3.05, 3.63) is 0 Å². The lowest BCUT2D eigenvalue weighted by Crippen LogP contribution is -2.36. The molecule has 68 valence electrons. The van der Waals surface area contributed by atoms with Gasteiger partial charge in [-0.1, -0.05) is 0 Å². The molecule has 0 radical (unpaired) electrons. The van der Waals surface area contributed by atoms with Crippen LogP contribution in [-0.4, -0.2) is 24.6 Å². The van der Waals surface area contributed by atoms with E-state index in [0.717, 1.165) is 12.8 Å². The monoisotopic (exact) mass is 172 g/mol. The van der Waals surface area contributed by atoms with Crippen molar-refractivity contribution in [2.75, 3.05) is 6.61 Å². The molecule has 0 aromatic rings. The van der Waals surface area contributed by atoms with Gasteiger partial charge in [-0.3, -0.25) is 10.1 Å². The Hall–Kier alpha value is -1.10. The summed E-state index contributed by atoms with van der Waals surface area (Å²) in [5.74, 6) is -0.366. The van der Waals surface area contributed by atoms with Gasteiger partial charge in [0.15, 0.2) is 0 Å². The number of ether oxygens (including phenoxy) is 1. The first-order valence-electron chi connectivity index (χ1n) is 3.89. The van der Waals surface area contributed by atoms with Gasteiger partial charge in [-0.2, -0.15) is 0 Å². The minimum Gasteiger partial charge on any atom is -0.378 e. The van der Waals surface area contributed by atoms with E-state index in [2.05, 4.69) is 0 Å². The Bertz CT molecular complexity index is 187. The van der Waals surface area contributed by atoms with Crippen LogP contribution in [0.2, 0.25) is 0 Å². The van der Waals surface area contributed by atoms with Gasteiger partial charge in [0.25, 0.3) is 0 Å². The summed E-state index contributed by atoms with van der Waals surface area (Å²) >= 11 is 0. The van der Waals surface area contributed by atoms with Crippen LogP contribution in [0.5, 0.6) is 0 Å². The minimum absolute atomic E-state index is 0.0376. The molecule has 1 atom stereocenters. The Morgan fingerprint density at radius 3 is 2.83 bits per heavy atom. The first kappa shape index (κ1) is 8.99. The summed E-state index contributed by atoms with van der Waals surface area (Å²) in [6.07, 6.45) is 2.05. The molecule has 1 aliphatic heterocycles. The number of carbonyl (C=O) groups excluding carboxylic acids is 2. The number of primary amides is 1. The maximum absolute atomic E-state index is 10.9. The number of imide groups is 1. The molecule has 3 N–H and O–H groups in total. The molecule has 5 heteroatoms. The van der Waals surface area contributed by atoms with Gasteiger partial charge in [0.1, 0.15) is 0 Å². The highest BCUT2D eigenvalue weighted by molar-refractivity contribution is 5.93. The van der Waals surface area contributed by atoms with Gasteiger partial charge in [-0.15, -0.1) is 0 Å². The molecule has 0 bridgehead atoms. The molecule has 1 rings (SSSR count). The van der Waals surface area contributed by atoms with Crippen LogP contribution in [0, 0.1) is 0 Å². The molecule has 0 aromatic carbocycles. The number of rotatable bonds is 2. The summed E-state index contributed by atoms with van der Waals surface area (Å²) in [5, 5.41) is 1.99. The molecule has 3 amide bonds. The van der Waals surface area contributed by atoms with Crippen molar-refractivity contribution in [1.82, 2.24) is 5.32 Å². The SMILES string of the molecule is NC(=O)NC(=O)CC1CCCO1. The van der Waals surface area contributed by atoms with Gasteiger partial charge in [-0.25, -0.2) is 4.79 Å². The molecular weight excluding hydrogens is 160 g/mol. The van der Waals surface area contributed by atoms with E-state index in [1.807, 2.05) is 5.32 Å². The number of nitrogens with two attached hydrogens (primary N) is 1. The zero-order valence-electron chi connectivity index (χ0n) is 6.71. The third kappa shape index (κ3) is 2.87. The second-order valence-corrected chi connectivity index (χ2v) is 2.75. The van der Waals surface area contributed by atoms with E-state index in [-0.39, 0.29) is 18.4 Å². The Morgan fingerprint density at radius 2 is 2.33 bits per heavy atom. The quantitative estimate of drug-likeness (QED) is 0.602. The largest absolute Gasteiger partial charge is 0.378 e. The molecule has 1 aliphatic rings. The van der Waals surface area contributed by atoms with Crippen LogP contribution >= 0.6 is 0 Å². The lowest BCUT2D eigenvalue weighted by atomic mass is 10.2. The Morgan fingerprint density at radius 1 is 1.58 bits per heavy atom. The highest BCUT2D eigenvalue weighted by Crippen LogP contribution is 2.14. The summed E-state index contributed by atoms with van der Waals surface area (Å²) in [6.45, 7) is 0.703. The van der Waals surface area contributed by atoms with Crippen molar-refractivity contribution in [2.24, 2.45) is 5.73 Å². The summed E-state index contributed by atoms with van der Waals surface area (Å²) in [5.41, 5.74) is 4.76. The van der Waals surface area contributed by atoms with E-state index in [1.54, 1.807) is 0 Å². The van der Waals surface area contributed by atoms with E-state index >= 15 is 0 Å². The maximum Gasteiger partial charge on any atom is 0.318 e. The molecular formula is C7H12N2O3. The van der Waals surface area contributed by atoms with Gasteiger partial charge in [0.05, 0.1) is 12.5 Å². The Kier molecular flexibility index (Phi) is 3.04. The standard InChI is InChI=1S/C7H12N2O3/c8-7(11)9-6(10)4-5-2-1-3-12-5/h5H,1-4H2,(H3,8,9,10,11). The van der Waals surface area contributed by atoms with Crippen molar-refractivity contribution in [2.45, 2.75) is 25.4 Å². The molecule has 1 heterocycles. The van der Waals surface area contributed by atoms with Crippen molar-refractivity contribution in [3.63, 3.8) is 0 Å². The van der Waals surface area contributed by atoms with Crippen LogP contribution in [0.1, 0.15) is 19.3 Å². The molecule has 1 unspecified atom stereocenters. The molecule has 5 nitrogen and oxygen atoms in total. The predicted molar refractivity (Wildman–Crippen MR) is 41.3 cm³/mol. The number of nitrogens with one attached hydrogen (secondary N) is 1. The normalized spacial score (nSPS) is 22.2. The first-order valence-corrected chi connectivity index (χ1v) is 3.89. The lowest BCUT2D eigenvalue weighted by Gasteiger charge is -2.06. The van der Waals surface area contributed by atoms with E-state index in [0.29, 0.717) is 6.61 Å². The van der Waals surface area contributed by atoms with Gasteiger partial charge in [0, 0.05) is 6.61 Å². The summed E-state index contributed by atoms with van der Waals surface area (Å²) in [4.78, 5) is 21.2. The average Bonchev–Trinajstić information content (AvgIpc) is 2.37. The highest BCUT2D eigenvalue weighted by atomic mass is 16.5. The maximum atomic E-state index is 10.9. The minimum atomic E-state index is -0.807. The van der Waals surface area contributed by atoms with Crippen molar-refractivity contribution in [1.29, 1.82) is 0 Å². The fraction of sp³-hybridized carbons (Fsp3) is 0.714. The molecule has 0 saturated carbocycles. The van der Waals surface area contributed by atoms with Crippen molar-refractivity contribution < 1.29 is 14.3 Å². The highest BCUT2D eigenvalue weighted by Gasteiger charge is 2.19. The van der Waals surface area contributed by atoms with Gasteiger partial charge < -0.3 is 10.5 Å². The van der Waals surface area contributed by atoms with Crippen LogP contribution in [0.25, 0.3) is 0 Å². The van der Waals surface area contributed by atoms with Crippen molar-refractivity contribution >= 4 is 11.9 Å². The third-order valence-electron chi connectivity index (χ3n) is 1.70. The number of amides is 3. The molecule has 12 heavy (non-hydrogen) atoms. The molecule has 0 aliphatic carbocycles. The number of hydrogen-bond acceptors (Lipinski definition) is 3. The summed E-state index contributed by atoms with van der Waals surface area (Å²) in [6, 6.07) is -0.807. The number of hydrogen-bond donors (Lipinski definition) is 2. The van der Waals surface area contributed by atoms with Crippen molar-refractivity contribution in [3.8, 4) is 0 Å². The molecule has 1 fully saturated rings. The second-order valence-electron chi connectivity index (χ2n) is 2.75. The third-order valence-corrected chi connectivity index (χ3v) is 1.70. The smallest absolute Gasteiger partial charge is 0.318 e. The van der Waals surface area contributed by atoms with Gasteiger partial charge in [-0.05, 0) is 12.8 Å². The van der Waals surface area contributed by atoms with E-state index in [4.69, 9.17) is 10.5 Å². The van der Waals surface area contributed by atoms with Crippen LogP contribution in [0.15, 0.2) is 0 Å². The summed E-state index contributed by atoms with van der Waals surface area (Å²) in [7, 11) is 0. The molecule has 0 aromatic heterocycles. The van der Waals surface area contributed by atoms with Crippen LogP contribution in [-0.2, 0) is 9.53 Å². The molecule has 0 spiro atoms. The zero-order chi connectivity index (χ0) is 8.97. The first-order chi connectivity index (χ1) is 5.68. The Balaban J connectivity index is 2.20. The van der Waals surface area contributed by atoms with E-state index < -0.39 is 6.03 Å².